The molecule has 0 bridgehead atoms. The summed E-state index contributed by atoms with van der Waals surface area (Å²) in [4.78, 5) is 23.4. The van der Waals surface area contributed by atoms with Gasteiger partial charge in [0.25, 0.3) is 0 Å². The molecule has 0 aliphatic rings. The lowest BCUT2D eigenvalue weighted by Crippen LogP contribution is -2.37. The molecule has 0 unspecified atom stereocenters. The monoisotopic (exact) mass is 378 g/mol. The van der Waals surface area contributed by atoms with E-state index in [-0.39, 0.29) is 37.1 Å². The summed E-state index contributed by atoms with van der Waals surface area (Å²) in [7, 11) is 0. The molecule has 2 aromatic carbocycles. The van der Waals surface area contributed by atoms with Gasteiger partial charge >= 0.3 is 0 Å². The predicted octanol–water partition coefficient (Wildman–Crippen LogP) is 2.56. The first-order valence-corrected chi connectivity index (χ1v) is 7.85. The van der Waals surface area contributed by atoms with Gasteiger partial charge in [-0.2, -0.15) is 0 Å². The van der Waals surface area contributed by atoms with Gasteiger partial charge in [0.2, 0.25) is 11.8 Å². The third-order valence-corrected chi connectivity index (χ3v) is 3.69. The standard InChI is InChI=1S/C17H16BrFN2O2/c18-14-7-5-12(6-8-14)9-16(22)21-11-17(23)20-10-13-3-1-2-4-15(13)19/h1-8H,9-11H2,(H,20,23)(H,21,22). The molecule has 2 rings (SSSR count). The molecular formula is C17H16BrFN2O2. The molecule has 0 fully saturated rings. The van der Waals surface area contributed by atoms with Gasteiger partial charge in [-0.1, -0.05) is 46.3 Å². The first kappa shape index (κ1) is 17.1. The summed E-state index contributed by atoms with van der Waals surface area (Å²) in [6.45, 7) is -0.0437. The molecule has 4 nitrogen and oxygen atoms in total. The van der Waals surface area contributed by atoms with E-state index in [2.05, 4.69) is 26.6 Å². The van der Waals surface area contributed by atoms with Gasteiger partial charge in [-0.15, -0.1) is 0 Å². The molecule has 0 aliphatic carbocycles. The number of carbonyl (C=O) groups excluding carboxylic acids is 2. The largest absolute Gasteiger partial charge is 0.350 e. The highest BCUT2D eigenvalue weighted by molar-refractivity contribution is 9.10. The number of hydrogen-bond donors (Lipinski definition) is 2. The van der Waals surface area contributed by atoms with E-state index in [9.17, 15) is 14.0 Å². The van der Waals surface area contributed by atoms with Crippen molar-refractivity contribution in [2.24, 2.45) is 0 Å². The average molecular weight is 379 g/mol. The lowest BCUT2D eigenvalue weighted by molar-refractivity contribution is -0.125. The van der Waals surface area contributed by atoms with Gasteiger partial charge in [-0.05, 0) is 23.8 Å². The van der Waals surface area contributed by atoms with Crippen LogP contribution in [-0.2, 0) is 22.6 Å². The van der Waals surface area contributed by atoms with Crippen LogP contribution in [0.1, 0.15) is 11.1 Å². The van der Waals surface area contributed by atoms with Gasteiger partial charge in [0.05, 0.1) is 13.0 Å². The molecule has 0 saturated heterocycles. The van der Waals surface area contributed by atoms with Crippen molar-refractivity contribution in [1.82, 2.24) is 10.6 Å². The van der Waals surface area contributed by atoms with Crippen LogP contribution in [0, 0.1) is 5.82 Å². The van der Waals surface area contributed by atoms with Gasteiger partial charge in [-0.3, -0.25) is 9.59 Å². The van der Waals surface area contributed by atoms with E-state index in [4.69, 9.17) is 0 Å². The number of benzene rings is 2. The average Bonchev–Trinajstić information content (AvgIpc) is 2.54. The van der Waals surface area contributed by atoms with E-state index in [1.807, 2.05) is 24.3 Å². The number of amides is 2. The maximum Gasteiger partial charge on any atom is 0.239 e. The Morgan fingerprint density at radius 2 is 1.65 bits per heavy atom. The molecule has 6 heteroatoms. The van der Waals surface area contributed by atoms with Crippen molar-refractivity contribution in [2.45, 2.75) is 13.0 Å². The van der Waals surface area contributed by atoms with Crippen LogP contribution >= 0.6 is 15.9 Å². The highest BCUT2D eigenvalue weighted by Gasteiger charge is 2.07. The second-order valence-corrected chi connectivity index (χ2v) is 5.86. The Bertz CT molecular complexity index is 689. The molecule has 0 aliphatic heterocycles. The normalized spacial score (nSPS) is 10.2. The summed E-state index contributed by atoms with van der Waals surface area (Å²) in [6.07, 6.45) is 0.202. The maximum atomic E-state index is 13.4. The Balaban J connectivity index is 1.72. The van der Waals surface area contributed by atoms with Crippen molar-refractivity contribution >= 4 is 27.7 Å². The third-order valence-electron chi connectivity index (χ3n) is 3.16. The van der Waals surface area contributed by atoms with E-state index in [1.54, 1.807) is 18.2 Å². The molecule has 0 spiro atoms. The smallest absolute Gasteiger partial charge is 0.239 e. The van der Waals surface area contributed by atoms with Crippen LogP contribution in [0.2, 0.25) is 0 Å². The first-order chi connectivity index (χ1) is 11.0. The van der Waals surface area contributed by atoms with E-state index in [0.717, 1.165) is 10.0 Å². The fourth-order valence-corrected chi connectivity index (χ4v) is 2.19. The van der Waals surface area contributed by atoms with Crippen LogP contribution in [0.4, 0.5) is 4.39 Å². The fourth-order valence-electron chi connectivity index (χ4n) is 1.93. The number of nitrogens with one attached hydrogen (secondary N) is 2. The molecule has 0 saturated carbocycles. The number of hydrogen-bond acceptors (Lipinski definition) is 2. The summed E-state index contributed by atoms with van der Waals surface area (Å²) >= 11 is 3.32. The van der Waals surface area contributed by atoms with E-state index in [0.29, 0.717) is 5.56 Å². The van der Waals surface area contributed by atoms with E-state index in [1.165, 1.54) is 6.07 Å². The minimum absolute atomic E-state index is 0.0914. The summed E-state index contributed by atoms with van der Waals surface area (Å²) < 4.78 is 14.3. The minimum atomic E-state index is -0.368. The van der Waals surface area contributed by atoms with Gasteiger partial charge in [0.1, 0.15) is 5.82 Å². The van der Waals surface area contributed by atoms with Gasteiger partial charge in [0, 0.05) is 16.6 Å². The Hall–Kier alpha value is -2.21. The Labute approximate surface area is 142 Å². The van der Waals surface area contributed by atoms with Crippen molar-refractivity contribution in [3.63, 3.8) is 0 Å². The molecule has 0 aromatic heterocycles. The van der Waals surface area contributed by atoms with Gasteiger partial charge < -0.3 is 10.6 Å². The molecule has 2 amide bonds. The molecular weight excluding hydrogens is 363 g/mol. The van der Waals surface area contributed by atoms with E-state index >= 15 is 0 Å². The maximum absolute atomic E-state index is 13.4. The van der Waals surface area contributed by atoms with Crippen molar-refractivity contribution in [3.05, 3.63) is 69.9 Å². The SMILES string of the molecule is O=C(CNC(=O)Cc1ccc(Br)cc1)NCc1ccccc1F. The molecule has 2 aromatic rings. The fraction of sp³-hybridized carbons (Fsp3) is 0.176. The van der Waals surface area contributed by atoms with Gasteiger partial charge in [0.15, 0.2) is 0 Å². The Kier molecular flexibility index (Phi) is 6.29. The number of rotatable bonds is 6. The summed E-state index contributed by atoms with van der Waals surface area (Å²) in [6, 6.07) is 13.6. The molecule has 0 radical (unpaired) electrons. The number of carbonyl (C=O) groups is 2. The van der Waals surface area contributed by atoms with Crippen molar-refractivity contribution in [3.8, 4) is 0 Å². The zero-order valence-electron chi connectivity index (χ0n) is 12.3. The lowest BCUT2D eigenvalue weighted by atomic mass is 10.1. The second-order valence-electron chi connectivity index (χ2n) is 4.95. The topological polar surface area (TPSA) is 58.2 Å². The molecule has 120 valence electrons. The molecule has 0 heterocycles. The Morgan fingerprint density at radius 1 is 0.957 bits per heavy atom. The third kappa shape index (κ3) is 5.83. The van der Waals surface area contributed by atoms with Crippen molar-refractivity contribution in [1.29, 1.82) is 0 Å². The van der Waals surface area contributed by atoms with Crippen LogP contribution < -0.4 is 10.6 Å². The minimum Gasteiger partial charge on any atom is -0.350 e. The highest BCUT2D eigenvalue weighted by atomic mass is 79.9. The van der Waals surface area contributed by atoms with E-state index < -0.39 is 0 Å². The number of halogens is 2. The van der Waals surface area contributed by atoms with Crippen molar-refractivity contribution in [2.75, 3.05) is 6.54 Å². The Morgan fingerprint density at radius 3 is 2.35 bits per heavy atom. The lowest BCUT2D eigenvalue weighted by Gasteiger charge is -2.08. The van der Waals surface area contributed by atoms with Crippen LogP contribution in [0.15, 0.2) is 53.0 Å². The quantitative estimate of drug-likeness (QED) is 0.811. The molecule has 2 N–H and O–H groups in total. The summed E-state index contributed by atoms with van der Waals surface area (Å²) in [5.41, 5.74) is 1.26. The van der Waals surface area contributed by atoms with Gasteiger partial charge in [-0.25, -0.2) is 4.39 Å². The van der Waals surface area contributed by atoms with Crippen LogP contribution in [0.3, 0.4) is 0 Å². The van der Waals surface area contributed by atoms with Crippen LogP contribution in [0.25, 0.3) is 0 Å². The first-order valence-electron chi connectivity index (χ1n) is 7.06. The molecule has 0 atom stereocenters. The second kappa shape index (κ2) is 8.43. The van der Waals surface area contributed by atoms with Crippen molar-refractivity contribution < 1.29 is 14.0 Å². The predicted molar refractivity (Wildman–Crippen MR) is 89.1 cm³/mol. The van der Waals surface area contributed by atoms with Crippen LogP contribution in [0.5, 0.6) is 0 Å². The summed E-state index contributed by atoms with van der Waals surface area (Å²) in [5.74, 6) is -0.974. The zero-order valence-corrected chi connectivity index (χ0v) is 13.9. The molecule has 23 heavy (non-hydrogen) atoms. The summed E-state index contributed by atoms with van der Waals surface area (Å²) in [5, 5.41) is 5.11. The van der Waals surface area contributed by atoms with Crippen LogP contribution in [-0.4, -0.2) is 18.4 Å². The zero-order chi connectivity index (χ0) is 16.7. The highest BCUT2D eigenvalue weighted by Crippen LogP contribution is 2.10.